The minimum Gasteiger partial charge on any atom is -0.465 e. The van der Waals surface area contributed by atoms with Crippen LogP contribution >= 0.6 is 93.5 Å². The number of benzene rings is 2. The maximum Gasteiger partial charge on any atom is 0.379 e. The van der Waals surface area contributed by atoms with Crippen LogP contribution in [0.3, 0.4) is 0 Å². The first-order chi connectivity index (χ1) is 43.8. The molecule has 2 aromatic heterocycles. The number of Topliss-reactive ketones (excluding diaryl/α,β-unsaturated/α-hetero) is 2. The second-order valence-corrected chi connectivity index (χ2v) is 29.8. The van der Waals surface area contributed by atoms with E-state index in [1.165, 1.54) is 30.4 Å². The van der Waals surface area contributed by atoms with Crippen LogP contribution in [0.25, 0.3) is 11.4 Å². The van der Waals surface area contributed by atoms with Gasteiger partial charge < -0.3 is 33.7 Å². The highest BCUT2D eigenvalue weighted by atomic mass is 35.5. The predicted octanol–water partition coefficient (Wildman–Crippen LogP) is 14.3. The maximum atomic E-state index is 12.3. The number of hydrogen-bond acceptors (Lipinski definition) is 20. The highest BCUT2D eigenvalue weighted by Gasteiger charge is 2.46. The molecular weight excluding hydrogens is 1330 g/mol. The SMILES string of the molecule is CCOC(=O)C(=O)C(=CN(C)C)C1CC1.CCOC(=O)C(=O)CC1CC1.CCOC(=O)C1(CC2CC2)SCCCS1.CCOC(=O)C1SCCCS1.CCOC(=O)c1c(C2CC2)cnn1-c1c(Cl)cccc1Cl.OCc1c(C2CC2)cnn1-c1c(Cl)cccc1Cl. The predicted molar refractivity (Wildman–Crippen MR) is 364 cm³/mol. The lowest BCUT2D eigenvalue weighted by molar-refractivity contribution is -0.153. The van der Waals surface area contributed by atoms with E-state index in [0.717, 1.165) is 104 Å². The summed E-state index contributed by atoms with van der Waals surface area (Å²) in [5.41, 5.74) is 4.95. The largest absolute Gasteiger partial charge is 0.465 e. The molecule has 26 heteroatoms. The summed E-state index contributed by atoms with van der Waals surface area (Å²) < 4.78 is 27.5. The molecule has 5 saturated carbocycles. The summed E-state index contributed by atoms with van der Waals surface area (Å²) in [5.74, 6) is 4.12. The number of ketones is 2. The van der Waals surface area contributed by atoms with Crippen LogP contribution in [0.2, 0.25) is 20.1 Å². The number of carbonyl (C=O) groups is 7. The molecular formula is C65H85Cl4N5O13S4. The number of ether oxygens (including phenoxy) is 5. The standard InChI is InChI=1S/C15H14Cl2N2O2.C13H12Cl2N2O.C11H17NO3.C11H18O2S2.C8H12O3.C7H12O2S2/c1-2-21-15(20)13-10(9-6-7-9)8-18-19(13)14-11(16)4-3-5-12(14)17;14-10-2-1-3-11(15)13(10)17-12(7-18)9(6-16-17)8-4-5-8;1-4-15-11(14)10(13)9(7-12(2)3)8-5-6-8;1-2-13-10(12)11(8-9-4-5-9)14-6-3-7-15-11;1-2-11-8(10)7(9)5-6-3-4-6;1-2-9-6(8)7-10-4-3-5-11-7/h3-5,8-9H,2,6-7H2,1H3;1-3,6,8,18H,4-5,7H2;7-8H,4-6H2,1-3H3;9H,2-8H2,1H3;6H,2-5H2,1H3;7H,2-5H2,1H3. The molecule has 0 amide bonds. The Hall–Kier alpha value is -4.39. The van der Waals surface area contributed by atoms with Crippen molar-refractivity contribution in [3.8, 4) is 11.4 Å². The van der Waals surface area contributed by atoms with Crippen molar-refractivity contribution in [3.63, 3.8) is 0 Å². The number of para-hydroxylation sites is 2. The van der Waals surface area contributed by atoms with Crippen LogP contribution in [0, 0.1) is 17.8 Å². The summed E-state index contributed by atoms with van der Waals surface area (Å²) in [6.45, 7) is 10.7. The van der Waals surface area contributed by atoms with Gasteiger partial charge in [0.15, 0.2) is 9.77 Å². The average Bonchev–Trinajstić information content (AvgIpc) is 1.65. The lowest BCUT2D eigenvalue weighted by Crippen LogP contribution is -2.37. The van der Waals surface area contributed by atoms with Gasteiger partial charge in [-0.3, -0.25) is 9.59 Å². The van der Waals surface area contributed by atoms with Gasteiger partial charge in [0, 0.05) is 37.9 Å². The van der Waals surface area contributed by atoms with Gasteiger partial charge in [-0.15, -0.1) is 47.0 Å². The van der Waals surface area contributed by atoms with Gasteiger partial charge in [0.05, 0.1) is 77.8 Å². The van der Waals surface area contributed by atoms with Gasteiger partial charge in [-0.1, -0.05) is 71.4 Å². The number of nitrogens with zero attached hydrogens (tertiary/aromatic N) is 5. The molecule has 0 radical (unpaired) electrons. The van der Waals surface area contributed by atoms with E-state index >= 15 is 0 Å². The van der Waals surface area contributed by atoms with E-state index in [1.54, 1.807) is 103 Å². The second-order valence-electron chi connectivity index (χ2n) is 22.4. The Kier molecular flexibility index (Phi) is 31.8. The Morgan fingerprint density at radius 1 is 0.615 bits per heavy atom. The Balaban J connectivity index is 0.000000176. The number of aliphatic hydroxyl groups excluding tert-OH is 1. The summed E-state index contributed by atoms with van der Waals surface area (Å²) in [6, 6.07) is 10.5. The number of esters is 5. The van der Waals surface area contributed by atoms with Crippen LogP contribution in [-0.2, 0) is 59.1 Å². The van der Waals surface area contributed by atoms with Crippen molar-refractivity contribution in [3.05, 3.63) is 103 Å². The van der Waals surface area contributed by atoms with Crippen molar-refractivity contribution in [1.82, 2.24) is 24.5 Å². The summed E-state index contributed by atoms with van der Waals surface area (Å²) in [5, 5.41) is 20.2. The quantitative estimate of drug-likeness (QED) is 0.0334. The third-order valence-electron chi connectivity index (χ3n) is 14.6. The molecule has 0 unspecified atom stereocenters. The van der Waals surface area contributed by atoms with Crippen LogP contribution in [0.5, 0.6) is 0 Å². The molecule has 0 bridgehead atoms. The minimum absolute atomic E-state index is 0.0200. The number of halogens is 4. The molecule has 4 aromatic rings. The van der Waals surface area contributed by atoms with Crippen molar-refractivity contribution < 1.29 is 62.4 Å². The van der Waals surface area contributed by atoms with Gasteiger partial charge in [-0.25, -0.2) is 33.3 Å². The fourth-order valence-corrected chi connectivity index (χ4v) is 16.4. The van der Waals surface area contributed by atoms with Crippen LogP contribution in [0.4, 0.5) is 0 Å². The molecule has 500 valence electrons. The highest BCUT2D eigenvalue weighted by Crippen LogP contribution is 2.52. The summed E-state index contributed by atoms with van der Waals surface area (Å²) >= 11 is 31.8. The Labute approximate surface area is 571 Å². The summed E-state index contributed by atoms with van der Waals surface area (Å²) in [7, 11) is 3.67. The third kappa shape index (κ3) is 23.8. The number of hydrogen-bond donors (Lipinski definition) is 1. The van der Waals surface area contributed by atoms with Gasteiger partial charge in [-0.05, 0) is 188 Å². The summed E-state index contributed by atoms with van der Waals surface area (Å²) in [6.07, 6.45) is 20.3. The van der Waals surface area contributed by atoms with Crippen molar-refractivity contribution in [2.24, 2.45) is 17.8 Å². The van der Waals surface area contributed by atoms with Crippen molar-refractivity contribution in [2.75, 3.05) is 70.1 Å². The Bertz CT molecular complexity index is 3070. The third-order valence-corrected chi connectivity index (χ3v) is 21.9. The molecule has 4 heterocycles. The molecule has 11 rings (SSSR count). The van der Waals surface area contributed by atoms with Crippen LogP contribution in [0.1, 0.15) is 164 Å². The van der Waals surface area contributed by atoms with E-state index in [4.69, 9.17) is 65.4 Å². The second kappa shape index (κ2) is 38.2. The number of aromatic nitrogens is 4. The zero-order chi connectivity index (χ0) is 66.2. The van der Waals surface area contributed by atoms with E-state index in [9.17, 15) is 38.7 Å². The molecule has 0 atom stereocenters. The Morgan fingerprint density at radius 3 is 1.58 bits per heavy atom. The monoisotopic (exact) mass is 1410 g/mol. The molecule has 7 aliphatic rings. The fourth-order valence-electron chi connectivity index (χ4n) is 9.37. The minimum atomic E-state index is -0.738. The zero-order valence-electron chi connectivity index (χ0n) is 52.9. The smallest absolute Gasteiger partial charge is 0.379 e. The number of carbonyl (C=O) groups excluding carboxylic acids is 7. The van der Waals surface area contributed by atoms with Crippen LogP contribution in [-0.4, -0.2) is 150 Å². The number of aliphatic hydroxyl groups is 1. The maximum absolute atomic E-state index is 12.3. The lowest BCUT2D eigenvalue weighted by Gasteiger charge is -2.33. The van der Waals surface area contributed by atoms with E-state index in [0.29, 0.717) is 86.7 Å². The van der Waals surface area contributed by atoms with E-state index in [-0.39, 0.29) is 52.1 Å². The van der Waals surface area contributed by atoms with E-state index < -0.39 is 23.7 Å². The lowest BCUT2D eigenvalue weighted by atomic mass is 10.1. The first kappa shape index (κ1) is 75.6. The molecule has 1 N–H and O–H groups in total. The van der Waals surface area contributed by atoms with Gasteiger partial charge in [-0.2, -0.15) is 10.2 Å². The number of rotatable bonds is 22. The van der Waals surface area contributed by atoms with Gasteiger partial charge >= 0.3 is 29.8 Å². The van der Waals surface area contributed by atoms with E-state index in [1.807, 2.05) is 57.7 Å². The van der Waals surface area contributed by atoms with Gasteiger partial charge in [0.1, 0.15) is 16.0 Å². The topological polar surface area (TPSA) is 225 Å². The van der Waals surface area contributed by atoms with Crippen molar-refractivity contribution >= 4 is 135 Å². The first-order valence-corrected chi connectivity index (χ1v) is 36.8. The fraction of sp³-hybridized carbons (Fsp3) is 0.585. The molecule has 5 aliphatic carbocycles. The van der Waals surface area contributed by atoms with E-state index in [2.05, 4.69) is 14.9 Å². The van der Waals surface area contributed by atoms with Crippen LogP contribution in [0.15, 0.2) is 60.6 Å². The van der Waals surface area contributed by atoms with Crippen LogP contribution < -0.4 is 0 Å². The van der Waals surface area contributed by atoms with Gasteiger partial charge in [0.2, 0.25) is 5.78 Å². The molecule has 91 heavy (non-hydrogen) atoms. The molecule has 7 fully saturated rings. The molecule has 0 spiro atoms. The highest BCUT2D eigenvalue weighted by molar-refractivity contribution is 8.20. The first-order valence-electron chi connectivity index (χ1n) is 31.2. The number of thioether (sulfide) groups is 4. The molecule has 2 aromatic carbocycles. The zero-order valence-corrected chi connectivity index (χ0v) is 59.1. The van der Waals surface area contributed by atoms with Crippen molar-refractivity contribution in [1.29, 1.82) is 0 Å². The molecule has 18 nitrogen and oxygen atoms in total. The average molecular weight is 1410 g/mol. The normalized spacial score (nSPS) is 17.3. The summed E-state index contributed by atoms with van der Waals surface area (Å²) in [4.78, 5) is 81.8. The Morgan fingerprint density at radius 2 is 1.10 bits per heavy atom. The van der Waals surface area contributed by atoms with Crippen molar-refractivity contribution in [2.45, 2.75) is 152 Å². The molecule has 2 aliphatic heterocycles. The molecule has 2 saturated heterocycles. The van der Waals surface area contributed by atoms with Gasteiger partial charge in [0.25, 0.3) is 5.78 Å².